The van der Waals surface area contributed by atoms with Gasteiger partial charge in [-0.2, -0.15) is 0 Å². The molecular weight excluding hydrogens is 236 g/mol. The van der Waals surface area contributed by atoms with E-state index in [1.807, 2.05) is 0 Å². The molecule has 0 aliphatic heterocycles. The Balaban J connectivity index is 2.89. The number of hydrogen-bond acceptors (Lipinski definition) is 3. The van der Waals surface area contributed by atoms with Crippen LogP contribution in [0.1, 0.15) is 13.8 Å². The molecule has 0 amide bonds. The zero-order valence-electron chi connectivity index (χ0n) is 10.0. The van der Waals surface area contributed by atoms with Gasteiger partial charge in [0.05, 0.1) is 4.90 Å². The van der Waals surface area contributed by atoms with Gasteiger partial charge < -0.3 is 0 Å². The Kier molecular flexibility index (Phi) is 4.23. The molecule has 0 N–H and O–H groups in total. The highest BCUT2D eigenvalue weighted by atomic mass is 32.2. The highest BCUT2D eigenvalue weighted by molar-refractivity contribution is 7.92. The summed E-state index contributed by atoms with van der Waals surface area (Å²) in [5.41, 5.74) is 0.679. The fourth-order valence-corrected chi connectivity index (χ4v) is 2.66. The molecule has 1 aromatic rings. The standard InChI is InChI=1S/C13H16O3S/c1-10(2)11(3)13(14)9-17(15,16)12-7-5-4-6-8-12/h4-8,11H,1,9H2,2-3H3. The van der Waals surface area contributed by atoms with E-state index in [-0.39, 0.29) is 10.7 Å². The third-order valence-corrected chi connectivity index (χ3v) is 4.31. The Morgan fingerprint density at radius 1 is 1.29 bits per heavy atom. The van der Waals surface area contributed by atoms with Gasteiger partial charge in [0.15, 0.2) is 15.6 Å². The van der Waals surface area contributed by atoms with E-state index in [9.17, 15) is 13.2 Å². The van der Waals surface area contributed by atoms with E-state index in [1.165, 1.54) is 12.1 Å². The summed E-state index contributed by atoms with van der Waals surface area (Å²) in [5, 5.41) is 0. The molecule has 0 aliphatic rings. The molecule has 0 bridgehead atoms. The van der Waals surface area contributed by atoms with Crippen LogP contribution in [-0.4, -0.2) is 20.0 Å². The third-order valence-electron chi connectivity index (χ3n) is 2.66. The molecule has 0 saturated heterocycles. The number of sulfone groups is 1. The molecule has 0 aliphatic carbocycles. The van der Waals surface area contributed by atoms with Crippen molar-refractivity contribution in [2.24, 2.45) is 5.92 Å². The topological polar surface area (TPSA) is 51.2 Å². The third kappa shape index (κ3) is 3.53. The first kappa shape index (κ1) is 13.6. The molecule has 4 heteroatoms. The van der Waals surface area contributed by atoms with Gasteiger partial charge in [-0.25, -0.2) is 8.42 Å². The Bertz CT molecular complexity index is 515. The van der Waals surface area contributed by atoms with Crippen molar-refractivity contribution in [3.05, 3.63) is 42.5 Å². The van der Waals surface area contributed by atoms with E-state index >= 15 is 0 Å². The molecule has 1 unspecified atom stereocenters. The maximum absolute atomic E-state index is 11.9. The minimum atomic E-state index is -3.53. The van der Waals surface area contributed by atoms with Crippen molar-refractivity contribution in [3.8, 4) is 0 Å². The van der Waals surface area contributed by atoms with Crippen molar-refractivity contribution in [2.75, 3.05) is 5.75 Å². The predicted molar refractivity (Wildman–Crippen MR) is 67.5 cm³/mol. The van der Waals surface area contributed by atoms with Crippen LogP contribution < -0.4 is 0 Å². The molecule has 0 fully saturated rings. The highest BCUT2D eigenvalue weighted by Crippen LogP contribution is 2.15. The smallest absolute Gasteiger partial charge is 0.185 e. The molecule has 0 spiro atoms. The first-order valence-corrected chi connectivity index (χ1v) is 6.96. The second-order valence-corrected chi connectivity index (χ2v) is 6.10. The molecule has 3 nitrogen and oxygen atoms in total. The van der Waals surface area contributed by atoms with Crippen LogP contribution in [0.4, 0.5) is 0 Å². The molecular formula is C13H16O3S. The summed E-state index contributed by atoms with van der Waals surface area (Å²) >= 11 is 0. The van der Waals surface area contributed by atoms with Gasteiger partial charge in [0.25, 0.3) is 0 Å². The number of carbonyl (C=O) groups excluding carboxylic acids is 1. The normalized spacial score (nSPS) is 13.1. The molecule has 1 aromatic carbocycles. The summed E-state index contributed by atoms with van der Waals surface area (Å²) < 4.78 is 23.8. The maximum Gasteiger partial charge on any atom is 0.185 e. The molecule has 92 valence electrons. The molecule has 0 radical (unpaired) electrons. The fraction of sp³-hybridized carbons (Fsp3) is 0.308. The van der Waals surface area contributed by atoms with E-state index in [0.717, 1.165) is 0 Å². The lowest BCUT2D eigenvalue weighted by molar-refractivity contribution is -0.118. The van der Waals surface area contributed by atoms with E-state index in [4.69, 9.17) is 0 Å². The zero-order chi connectivity index (χ0) is 13.1. The van der Waals surface area contributed by atoms with Crippen molar-refractivity contribution in [1.29, 1.82) is 0 Å². The lowest BCUT2D eigenvalue weighted by Gasteiger charge is -2.10. The van der Waals surface area contributed by atoms with E-state index in [2.05, 4.69) is 6.58 Å². The minimum absolute atomic E-state index is 0.183. The van der Waals surface area contributed by atoms with Crippen molar-refractivity contribution in [3.63, 3.8) is 0 Å². The number of ketones is 1. The lowest BCUT2D eigenvalue weighted by atomic mass is 10.0. The first-order valence-electron chi connectivity index (χ1n) is 5.30. The zero-order valence-corrected chi connectivity index (χ0v) is 10.8. The van der Waals surface area contributed by atoms with Crippen LogP contribution in [0.3, 0.4) is 0 Å². The van der Waals surface area contributed by atoms with Crippen LogP contribution in [0.2, 0.25) is 0 Å². The van der Waals surface area contributed by atoms with Crippen LogP contribution in [0.15, 0.2) is 47.4 Å². The van der Waals surface area contributed by atoms with E-state index in [0.29, 0.717) is 5.57 Å². The average molecular weight is 252 g/mol. The lowest BCUT2D eigenvalue weighted by Crippen LogP contribution is -2.22. The van der Waals surface area contributed by atoms with E-state index < -0.39 is 21.5 Å². The summed E-state index contributed by atoms with van der Waals surface area (Å²) in [6.07, 6.45) is 0. The number of carbonyl (C=O) groups is 1. The summed E-state index contributed by atoms with van der Waals surface area (Å²) in [7, 11) is -3.53. The number of benzene rings is 1. The summed E-state index contributed by atoms with van der Waals surface area (Å²) in [6, 6.07) is 8.00. The largest absolute Gasteiger partial charge is 0.298 e. The van der Waals surface area contributed by atoms with Crippen molar-refractivity contribution in [2.45, 2.75) is 18.7 Å². The number of allylic oxidation sites excluding steroid dienone is 1. The van der Waals surface area contributed by atoms with Crippen LogP contribution in [0, 0.1) is 5.92 Å². The minimum Gasteiger partial charge on any atom is -0.298 e. The van der Waals surface area contributed by atoms with Crippen LogP contribution in [0.5, 0.6) is 0 Å². The first-order chi connectivity index (χ1) is 7.84. The summed E-state index contributed by atoms with van der Waals surface area (Å²) in [4.78, 5) is 11.9. The van der Waals surface area contributed by atoms with Gasteiger partial charge in [-0.3, -0.25) is 4.79 Å². The van der Waals surface area contributed by atoms with Gasteiger partial charge in [0.1, 0.15) is 5.75 Å². The second-order valence-electron chi connectivity index (χ2n) is 4.11. The Labute approximate surface area is 102 Å². The van der Waals surface area contributed by atoms with Gasteiger partial charge in [-0.15, -0.1) is 0 Å². The van der Waals surface area contributed by atoms with Crippen LogP contribution in [-0.2, 0) is 14.6 Å². The molecule has 0 saturated carbocycles. The van der Waals surface area contributed by atoms with Crippen LogP contribution in [0.25, 0.3) is 0 Å². The molecule has 0 heterocycles. The number of hydrogen-bond donors (Lipinski definition) is 0. The van der Waals surface area contributed by atoms with Crippen LogP contribution >= 0.6 is 0 Å². The van der Waals surface area contributed by atoms with Crippen molar-refractivity contribution >= 4 is 15.6 Å². The summed E-state index contributed by atoms with van der Waals surface area (Å²) in [5.74, 6) is -1.21. The Morgan fingerprint density at radius 2 is 1.82 bits per heavy atom. The van der Waals surface area contributed by atoms with Gasteiger partial charge in [-0.1, -0.05) is 37.3 Å². The molecule has 1 rings (SSSR count). The predicted octanol–water partition coefficient (Wildman–Crippen LogP) is 2.24. The van der Waals surface area contributed by atoms with Gasteiger partial charge in [0.2, 0.25) is 0 Å². The molecule has 0 aromatic heterocycles. The SMILES string of the molecule is C=C(C)C(C)C(=O)CS(=O)(=O)c1ccccc1. The van der Waals surface area contributed by atoms with Gasteiger partial charge in [0, 0.05) is 5.92 Å². The highest BCUT2D eigenvalue weighted by Gasteiger charge is 2.23. The molecule has 1 atom stereocenters. The number of Topliss-reactive ketones (excluding diaryl/α,β-unsaturated/α-hetero) is 1. The maximum atomic E-state index is 11.9. The monoisotopic (exact) mass is 252 g/mol. The Morgan fingerprint density at radius 3 is 2.29 bits per heavy atom. The number of rotatable bonds is 5. The van der Waals surface area contributed by atoms with E-state index in [1.54, 1.807) is 32.0 Å². The quantitative estimate of drug-likeness (QED) is 0.755. The average Bonchev–Trinajstić information content (AvgIpc) is 2.28. The summed E-state index contributed by atoms with van der Waals surface area (Å²) in [6.45, 7) is 7.05. The van der Waals surface area contributed by atoms with Gasteiger partial charge >= 0.3 is 0 Å². The van der Waals surface area contributed by atoms with Crippen molar-refractivity contribution in [1.82, 2.24) is 0 Å². The van der Waals surface area contributed by atoms with Crippen molar-refractivity contribution < 1.29 is 13.2 Å². The molecule has 17 heavy (non-hydrogen) atoms. The second kappa shape index (κ2) is 5.27. The van der Waals surface area contributed by atoms with Gasteiger partial charge in [-0.05, 0) is 19.1 Å². The Hall–Kier alpha value is -1.42. The fourth-order valence-electron chi connectivity index (χ4n) is 1.30.